The van der Waals surface area contributed by atoms with Crippen LogP contribution in [0.15, 0.2) is 129 Å². The van der Waals surface area contributed by atoms with Gasteiger partial charge in [0.25, 0.3) is 0 Å². The molecule has 0 amide bonds. The molecule has 6 heterocycles. The zero-order valence-corrected chi connectivity index (χ0v) is 29.2. The third-order valence-electron chi connectivity index (χ3n) is 10.4. The Morgan fingerprint density at radius 2 is 1.29 bits per heavy atom. The largest absolute Gasteiger partial charge is 0.371 e. The van der Waals surface area contributed by atoms with E-state index in [-0.39, 0.29) is 0 Å². The van der Waals surface area contributed by atoms with Gasteiger partial charge in [-0.3, -0.25) is 0 Å². The molecule has 2 aromatic heterocycles. The van der Waals surface area contributed by atoms with E-state index in [2.05, 4.69) is 61.9 Å². The van der Waals surface area contributed by atoms with E-state index < -0.39 is 0 Å². The maximum absolute atomic E-state index is 5.14. The van der Waals surface area contributed by atoms with Crippen LogP contribution >= 0.6 is 0 Å². The molecule has 0 atom stereocenters. The molecule has 2 aromatic carbocycles. The standard InChI is InChI=1S/C42H42N10/c1-2-5-14-29(13-4-1)30-19-21-32(34(27-30)45-36-15-6-8-23-43-36)40-47-38-17-12-18-39-48-41(50-42(49-40)52(38)39)33-22-20-31(51-25-10-3-11-26-51)28-35(33)46-37-16-7-9-24-44-37/h6-9,12,15-24,27-29H,1-5,10-11,13-14,25-26H2,(H,43,45)(H,44,46). The smallest absolute Gasteiger partial charge is 0.241 e. The van der Waals surface area contributed by atoms with Gasteiger partial charge in [-0.05, 0) is 110 Å². The van der Waals surface area contributed by atoms with E-state index in [0.29, 0.717) is 23.5 Å². The molecule has 4 aromatic rings. The molecule has 52 heavy (non-hydrogen) atoms. The number of nitrogens with zero attached hydrogens (tertiary/aromatic N) is 8. The first-order chi connectivity index (χ1) is 25.7. The highest BCUT2D eigenvalue weighted by Gasteiger charge is 2.32. The average Bonchev–Trinajstić information content (AvgIpc) is 3.49. The monoisotopic (exact) mass is 686 g/mol. The van der Waals surface area contributed by atoms with Crippen LogP contribution in [0, 0.1) is 0 Å². The number of aliphatic imine (C=N–C) groups is 4. The molecule has 4 aliphatic heterocycles. The van der Waals surface area contributed by atoms with Crippen molar-refractivity contribution in [3.8, 4) is 0 Å². The molecule has 2 fully saturated rings. The van der Waals surface area contributed by atoms with Crippen LogP contribution in [-0.4, -0.2) is 51.4 Å². The number of pyridine rings is 2. The number of benzene rings is 2. The number of nitrogens with one attached hydrogen (secondary N) is 2. The Balaban J connectivity index is 1.12. The Hall–Kier alpha value is -5.90. The van der Waals surface area contributed by atoms with Crippen LogP contribution in [-0.2, 0) is 0 Å². The van der Waals surface area contributed by atoms with Crippen molar-refractivity contribution < 1.29 is 0 Å². The molecule has 10 nitrogen and oxygen atoms in total. The quantitative estimate of drug-likeness (QED) is 0.179. The number of anilines is 5. The molecule has 1 aliphatic carbocycles. The Kier molecular flexibility index (Phi) is 8.86. The van der Waals surface area contributed by atoms with Gasteiger partial charge in [-0.1, -0.05) is 50.0 Å². The van der Waals surface area contributed by atoms with E-state index in [1.54, 1.807) is 6.20 Å². The summed E-state index contributed by atoms with van der Waals surface area (Å²) >= 11 is 0. The molecule has 260 valence electrons. The molecule has 0 spiro atoms. The van der Waals surface area contributed by atoms with Crippen molar-refractivity contribution in [3.05, 3.63) is 126 Å². The van der Waals surface area contributed by atoms with Crippen LogP contribution in [0.1, 0.15) is 80.4 Å². The fraction of sp³-hybridized carbons (Fsp3) is 0.286. The van der Waals surface area contributed by atoms with E-state index in [9.17, 15) is 0 Å². The van der Waals surface area contributed by atoms with Crippen molar-refractivity contribution in [1.29, 1.82) is 0 Å². The van der Waals surface area contributed by atoms with Crippen LogP contribution in [0.25, 0.3) is 0 Å². The van der Waals surface area contributed by atoms with E-state index in [1.165, 1.54) is 69.0 Å². The summed E-state index contributed by atoms with van der Waals surface area (Å²) in [5, 5.41) is 7.17. The fourth-order valence-electron chi connectivity index (χ4n) is 7.74. The average molecular weight is 687 g/mol. The normalized spacial score (nSPS) is 18.7. The lowest BCUT2D eigenvalue weighted by Gasteiger charge is -2.32. The van der Waals surface area contributed by atoms with Gasteiger partial charge in [0.05, 0.1) is 11.4 Å². The lowest BCUT2D eigenvalue weighted by molar-refractivity contribution is 0.578. The number of piperidine rings is 1. The van der Waals surface area contributed by atoms with Gasteiger partial charge in [0.2, 0.25) is 5.96 Å². The molecule has 1 saturated heterocycles. The molecule has 0 unspecified atom stereocenters. The van der Waals surface area contributed by atoms with Crippen LogP contribution < -0.4 is 15.5 Å². The molecular formula is C42H42N10. The Morgan fingerprint density at radius 1 is 0.615 bits per heavy atom. The first-order valence-electron chi connectivity index (χ1n) is 18.7. The highest BCUT2D eigenvalue weighted by Crippen LogP contribution is 2.36. The van der Waals surface area contributed by atoms with Gasteiger partial charge in [-0.15, -0.1) is 0 Å². The number of aromatic nitrogens is 2. The summed E-state index contributed by atoms with van der Waals surface area (Å²) in [4.78, 5) is 34.0. The van der Waals surface area contributed by atoms with Gasteiger partial charge in [-0.2, -0.15) is 9.98 Å². The van der Waals surface area contributed by atoms with Crippen molar-refractivity contribution in [2.75, 3.05) is 28.6 Å². The minimum atomic E-state index is 0.529. The minimum Gasteiger partial charge on any atom is -0.371 e. The van der Waals surface area contributed by atoms with Gasteiger partial charge < -0.3 is 15.5 Å². The number of guanidine groups is 1. The number of hydrogen-bond acceptors (Lipinski definition) is 10. The maximum atomic E-state index is 5.14. The van der Waals surface area contributed by atoms with E-state index >= 15 is 0 Å². The van der Waals surface area contributed by atoms with E-state index in [4.69, 9.17) is 20.0 Å². The van der Waals surface area contributed by atoms with Crippen LogP contribution in [0.2, 0.25) is 0 Å². The predicted molar refractivity (Wildman–Crippen MR) is 211 cm³/mol. The summed E-state index contributed by atoms with van der Waals surface area (Å²) in [6, 6.07) is 25.0. The number of hydrogen-bond donors (Lipinski definition) is 2. The molecule has 10 heteroatoms. The second kappa shape index (κ2) is 14.4. The topological polar surface area (TPSA) is 106 Å². The Morgan fingerprint density at radius 3 is 2.00 bits per heavy atom. The second-order valence-corrected chi connectivity index (χ2v) is 13.9. The van der Waals surface area contributed by atoms with Crippen LogP contribution in [0.4, 0.5) is 28.7 Å². The first kappa shape index (κ1) is 32.0. The van der Waals surface area contributed by atoms with Crippen molar-refractivity contribution >= 4 is 52.2 Å². The summed E-state index contributed by atoms with van der Waals surface area (Å²) in [5.74, 6) is 5.24. The van der Waals surface area contributed by atoms with Gasteiger partial charge >= 0.3 is 0 Å². The van der Waals surface area contributed by atoms with Gasteiger partial charge in [0.15, 0.2) is 11.7 Å². The Labute approximate surface area is 304 Å². The highest BCUT2D eigenvalue weighted by atomic mass is 15.4. The summed E-state index contributed by atoms with van der Waals surface area (Å²) in [7, 11) is 0. The molecule has 0 bridgehead atoms. The van der Waals surface area contributed by atoms with Gasteiger partial charge in [-0.25, -0.2) is 24.9 Å². The molecular weight excluding hydrogens is 645 g/mol. The van der Waals surface area contributed by atoms with Crippen molar-refractivity contribution in [1.82, 2.24) is 14.9 Å². The zero-order valence-electron chi connectivity index (χ0n) is 29.2. The van der Waals surface area contributed by atoms with Crippen molar-refractivity contribution in [3.63, 3.8) is 0 Å². The number of amidine groups is 3. The summed E-state index contributed by atoms with van der Waals surface area (Å²) in [6.07, 6.45) is 20.9. The van der Waals surface area contributed by atoms with Crippen LogP contribution in [0.5, 0.6) is 0 Å². The highest BCUT2D eigenvalue weighted by molar-refractivity contribution is 6.26. The molecule has 0 radical (unpaired) electrons. The zero-order chi connectivity index (χ0) is 34.7. The van der Waals surface area contributed by atoms with E-state index in [0.717, 1.165) is 58.9 Å². The number of allylic oxidation sites excluding steroid dienone is 2. The fourth-order valence-corrected chi connectivity index (χ4v) is 7.74. The third-order valence-corrected chi connectivity index (χ3v) is 10.4. The Bertz CT molecular complexity index is 2130. The van der Waals surface area contributed by atoms with Crippen molar-refractivity contribution in [2.24, 2.45) is 20.0 Å². The van der Waals surface area contributed by atoms with Crippen molar-refractivity contribution in [2.45, 2.75) is 63.7 Å². The maximum Gasteiger partial charge on any atom is 0.241 e. The lowest BCUT2D eigenvalue weighted by atomic mass is 9.90. The predicted octanol–water partition coefficient (Wildman–Crippen LogP) is 9.08. The lowest BCUT2D eigenvalue weighted by Crippen LogP contribution is -2.41. The summed E-state index contributed by atoms with van der Waals surface area (Å²) in [5.41, 5.74) is 6.14. The summed E-state index contributed by atoms with van der Waals surface area (Å²) in [6.45, 7) is 2.11. The molecule has 5 aliphatic rings. The van der Waals surface area contributed by atoms with E-state index in [1.807, 2.05) is 65.7 Å². The third kappa shape index (κ3) is 6.64. The van der Waals surface area contributed by atoms with Gasteiger partial charge in [0.1, 0.15) is 23.3 Å². The van der Waals surface area contributed by atoms with Crippen LogP contribution in [0.3, 0.4) is 0 Å². The molecule has 1 saturated carbocycles. The SMILES string of the molecule is C1=CC2=NC(c3ccc(C4CCCCCC4)cc3Nc3ccccn3)=NC3=NC(c4ccc(N5CCCCC5)cc4Nc4ccccn4)=NC(=C1)N23. The first-order valence-corrected chi connectivity index (χ1v) is 18.7. The van der Waals surface area contributed by atoms with Gasteiger partial charge in [0, 0.05) is 42.3 Å². The second-order valence-electron chi connectivity index (χ2n) is 13.9. The summed E-state index contributed by atoms with van der Waals surface area (Å²) < 4.78 is 0. The minimum absolute atomic E-state index is 0.529. The molecule has 9 rings (SSSR count). The molecule has 2 N–H and O–H groups in total. The number of rotatable bonds is 8.